The fourth-order valence-electron chi connectivity index (χ4n) is 10.2. The number of β-amino-alcohol motifs (C(OH)–C–C–N with tert-alkyl or cyclic N) is 1. The SMILES string of the molecule is CC(C)N(C)CCCN1OCCC1=O.CC1(C)CON(CC(=O)CP(C)(=O)O)C1=O.CC1CON(CCCP(=O)(O)O)C1=O.CC1CON(COCP(C)(=O)O)C1=O.CN(C)CC(=O)CN1OCCC(C)(C)C1=O.CN(C)CCCN1OCCCC1=O.CP(=O)(O)CCCN1OCCCC1=O.O=C1CCON1CC(O)CP(=O)(O)O. The molecule has 0 spiro atoms. The summed E-state index contributed by atoms with van der Waals surface area (Å²) in [5.41, 5.74) is -1.05. The van der Waals surface area contributed by atoms with Gasteiger partial charge in [-0.05, 0) is 121 Å². The van der Waals surface area contributed by atoms with Gasteiger partial charge in [0.05, 0.1) is 121 Å². The molecule has 8 aliphatic heterocycles. The molecule has 0 aromatic carbocycles. The van der Waals surface area contributed by atoms with Crippen LogP contribution in [-0.2, 0) is 114 Å². The monoisotopic (exact) mass is 1760 g/mol. The first-order valence-corrected chi connectivity index (χ1v) is 48.2. The summed E-state index contributed by atoms with van der Waals surface area (Å²) in [5, 5.41) is 18.9. The van der Waals surface area contributed by atoms with Crippen molar-refractivity contribution in [3.05, 3.63) is 0 Å². The van der Waals surface area contributed by atoms with E-state index >= 15 is 0 Å². The van der Waals surface area contributed by atoms with Crippen molar-refractivity contribution in [2.75, 3.05) is 211 Å². The van der Waals surface area contributed by atoms with Crippen LogP contribution in [0.2, 0.25) is 0 Å². The molecule has 0 radical (unpaired) electrons. The summed E-state index contributed by atoms with van der Waals surface area (Å²) in [6, 6.07) is 0.560. The Morgan fingerprint density at radius 2 is 0.930 bits per heavy atom. The lowest BCUT2D eigenvalue weighted by molar-refractivity contribution is -0.214. The van der Waals surface area contributed by atoms with Gasteiger partial charge in [-0.25, -0.2) is 35.4 Å². The molecule has 8 saturated heterocycles. The first-order chi connectivity index (χ1) is 52.9. The predicted molar refractivity (Wildman–Crippen MR) is 416 cm³/mol. The van der Waals surface area contributed by atoms with Crippen LogP contribution in [0.25, 0.3) is 0 Å². The summed E-state index contributed by atoms with van der Waals surface area (Å²) in [6.07, 6.45) is 4.36. The minimum Gasteiger partial charge on any atom is -0.391 e. The van der Waals surface area contributed by atoms with Crippen LogP contribution in [0.4, 0.5) is 0 Å². The Balaban J connectivity index is 0.000000658. The summed E-state index contributed by atoms with van der Waals surface area (Å²) < 4.78 is 58.6. The maximum Gasteiger partial charge on any atom is 0.328 e. The van der Waals surface area contributed by atoms with Crippen molar-refractivity contribution in [1.29, 1.82) is 0 Å². The summed E-state index contributed by atoms with van der Waals surface area (Å²) in [6.45, 7) is 26.0. The zero-order chi connectivity index (χ0) is 88.0. The molecular formula is C67H130N11O32P5. The lowest BCUT2D eigenvalue weighted by atomic mass is 9.87. The molecule has 6 unspecified atom stereocenters. The van der Waals surface area contributed by atoms with Crippen molar-refractivity contribution in [1.82, 2.24) is 55.2 Å². The molecule has 8 fully saturated rings. The Bertz CT molecular complexity index is 3220. The summed E-state index contributed by atoms with van der Waals surface area (Å²) in [4.78, 5) is 222. The van der Waals surface area contributed by atoms with E-state index in [9.17, 15) is 75.9 Å². The van der Waals surface area contributed by atoms with Gasteiger partial charge in [0.25, 0.3) is 23.6 Å². The number of carbonyl (C=O) groups is 10. The first-order valence-electron chi connectivity index (χ1n) is 37.7. The van der Waals surface area contributed by atoms with Gasteiger partial charge in [0, 0.05) is 76.6 Å². The van der Waals surface area contributed by atoms with Crippen molar-refractivity contribution >= 4 is 96.1 Å². The molecule has 0 bridgehead atoms. The van der Waals surface area contributed by atoms with Gasteiger partial charge in [-0.3, -0.25) is 109 Å². The van der Waals surface area contributed by atoms with Crippen LogP contribution in [0.3, 0.4) is 0 Å². The normalized spacial score (nSPS) is 21.5. The van der Waals surface area contributed by atoms with Gasteiger partial charge in [0.15, 0.2) is 18.9 Å². The van der Waals surface area contributed by atoms with Crippen LogP contribution in [0.15, 0.2) is 0 Å². The molecule has 115 heavy (non-hydrogen) atoms. The third kappa shape index (κ3) is 49.7. The van der Waals surface area contributed by atoms with Crippen LogP contribution in [-0.4, -0.2) is 377 Å². The van der Waals surface area contributed by atoms with Crippen molar-refractivity contribution in [2.24, 2.45) is 22.7 Å². The molecule has 0 saturated carbocycles. The van der Waals surface area contributed by atoms with E-state index in [0.717, 1.165) is 73.7 Å². The highest BCUT2D eigenvalue weighted by atomic mass is 31.2. The smallest absolute Gasteiger partial charge is 0.328 e. The van der Waals surface area contributed by atoms with E-state index in [2.05, 4.69) is 30.7 Å². The number of hydrogen-bond donors (Lipinski definition) is 8. The summed E-state index contributed by atoms with van der Waals surface area (Å²) in [7, 11) is -7.90. The number of aliphatic hydroxyl groups excluding tert-OH is 1. The molecule has 670 valence electrons. The number of nitrogens with zero attached hydrogens (tertiary/aromatic N) is 11. The van der Waals surface area contributed by atoms with E-state index in [1.54, 1.807) is 32.6 Å². The van der Waals surface area contributed by atoms with Crippen molar-refractivity contribution in [3.63, 3.8) is 0 Å². The van der Waals surface area contributed by atoms with Gasteiger partial charge < -0.3 is 58.8 Å². The van der Waals surface area contributed by atoms with Crippen LogP contribution in [0, 0.1) is 22.7 Å². The third-order valence-corrected chi connectivity index (χ3v) is 21.2. The van der Waals surface area contributed by atoms with Crippen LogP contribution in [0.5, 0.6) is 0 Å². The Morgan fingerprint density at radius 1 is 0.496 bits per heavy atom. The zero-order valence-electron chi connectivity index (χ0n) is 69.6. The number of ether oxygens (including phenoxy) is 1. The van der Waals surface area contributed by atoms with Gasteiger partial charge in [-0.2, -0.15) is 5.06 Å². The standard InChI is InChI=1S/C11H20N2O3.C10H20N2O2.C9H18N2O2.C9H16NO5P.C8H16NO4P.2C7H14NO5P.C6H12NO6P/c1-11(2)5-6-16-13(10(11)15)8-9(14)7-12(3)4;1-9(2)11(3)6-4-7-12-10(13)5-8-14-12;1-10(2)6-4-7-11-9(12)5-3-8-13-11;1-9(2)6-15-10(8(9)12)4-7(11)5-16(3,13)14;1-14(11,12)7-3-5-9-8(10)4-2-6-13-9;1-6-3-13-8(7(6)9)4-12-5-14(2,10)11;1-6-5-13-8(7(6)9)3-2-4-14(10,11)12;8-5(4-14(10,11)12)3-7-6(9)1-2-13-7/h5-8H2,1-4H3;9H,4-8H2,1-3H3;3-8H2,1-2H3;4-6H2,1-3H3,(H,13,14);2-7H2,1H3,(H,11,12);6H,3-5H2,1-2H3,(H,10,11);6H,2-5H2,1H3,(H2,10,11,12);5,8H,1-4H2,(H2,10,11,12). The second-order valence-corrected chi connectivity index (χ2v) is 41.6. The Hall–Kier alpha value is -4.55. The number of hydrogen-bond acceptors (Lipinski definition) is 28. The molecule has 48 heteroatoms. The molecule has 43 nitrogen and oxygen atoms in total. The minimum absolute atomic E-state index is 0.0175. The third-order valence-electron chi connectivity index (χ3n) is 16.7. The Labute approximate surface area is 674 Å². The van der Waals surface area contributed by atoms with Gasteiger partial charge >= 0.3 is 15.2 Å². The molecule has 6 atom stereocenters. The second kappa shape index (κ2) is 52.6. The molecule has 0 aliphatic carbocycles. The van der Waals surface area contributed by atoms with Gasteiger partial charge in [0.2, 0.25) is 38.4 Å². The van der Waals surface area contributed by atoms with Crippen LogP contribution < -0.4 is 0 Å². The molecule has 8 rings (SSSR count). The van der Waals surface area contributed by atoms with Gasteiger partial charge in [-0.1, -0.05) is 27.7 Å². The highest BCUT2D eigenvalue weighted by Crippen LogP contribution is 2.39. The fourth-order valence-corrected chi connectivity index (χ4v) is 13.3. The van der Waals surface area contributed by atoms with Crippen molar-refractivity contribution < 1.29 is 154 Å². The maximum absolute atomic E-state index is 11.9. The zero-order valence-corrected chi connectivity index (χ0v) is 74.1. The molecule has 8 N–H and O–H groups in total. The average Bonchev–Trinajstić information content (AvgIpc) is 1.81. The fraction of sp³-hybridized carbons (Fsp3) is 0.851. The number of amides is 8. The van der Waals surface area contributed by atoms with Gasteiger partial charge in [-0.15, -0.1) is 0 Å². The van der Waals surface area contributed by atoms with E-state index < -0.39 is 72.3 Å². The largest absolute Gasteiger partial charge is 0.391 e. The molecule has 8 amide bonds. The number of rotatable bonds is 33. The molecule has 8 aliphatic rings. The molecule has 0 aromatic rings. The van der Waals surface area contributed by atoms with E-state index in [-0.39, 0.29) is 143 Å². The van der Waals surface area contributed by atoms with Crippen LogP contribution in [0.1, 0.15) is 126 Å². The number of likely N-dealkylation sites (N-methyl/N-ethyl adjacent to an activating group) is 1. The Morgan fingerprint density at radius 3 is 1.34 bits per heavy atom. The highest BCUT2D eigenvalue weighted by Gasteiger charge is 2.42. The molecule has 0 aromatic heterocycles. The molecular weight excluding hydrogens is 1630 g/mol. The lowest BCUT2D eigenvalue weighted by Crippen LogP contribution is -2.49. The highest BCUT2D eigenvalue weighted by molar-refractivity contribution is 7.58. The predicted octanol–water partition coefficient (Wildman–Crippen LogP) is 1.65. The number of Topliss-reactive ketones (excluding diaryl/α,β-unsaturated/α-hetero) is 2. The lowest BCUT2D eigenvalue weighted by Gasteiger charge is -2.35. The van der Waals surface area contributed by atoms with E-state index in [1.807, 2.05) is 42.0 Å². The van der Waals surface area contributed by atoms with Gasteiger partial charge in [0.1, 0.15) is 26.2 Å². The number of carbonyl (C=O) groups excluding carboxylic acids is 10. The van der Waals surface area contributed by atoms with Crippen LogP contribution >= 0.6 is 37.3 Å². The number of ketones is 2. The number of hydroxylamine groups is 16. The van der Waals surface area contributed by atoms with E-state index in [1.165, 1.54) is 38.6 Å². The minimum atomic E-state index is -4.24. The van der Waals surface area contributed by atoms with Crippen molar-refractivity contribution in [3.8, 4) is 0 Å². The Kier molecular flexibility index (Phi) is 49.6. The molecule has 8 heterocycles. The summed E-state index contributed by atoms with van der Waals surface area (Å²) in [5.74, 6) is -1.51. The first kappa shape index (κ1) is 108. The average molecular weight is 1760 g/mol. The topological polar surface area (TPSA) is 537 Å². The second-order valence-electron chi connectivity index (χ2n) is 30.8. The summed E-state index contributed by atoms with van der Waals surface area (Å²) >= 11 is 0. The maximum atomic E-state index is 11.9. The number of aliphatic hydroxyl groups is 1. The van der Waals surface area contributed by atoms with Crippen molar-refractivity contribution in [2.45, 2.75) is 138 Å². The van der Waals surface area contributed by atoms with E-state index in [0.29, 0.717) is 90.9 Å². The van der Waals surface area contributed by atoms with E-state index in [4.69, 9.17) is 77.7 Å². The quantitative estimate of drug-likeness (QED) is 0.0433.